The molecule has 2 N–H and O–H groups in total. The van der Waals surface area contributed by atoms with Crippen molar-refractivity contribution in [3.63, 3.8) is 0 Å². The smallest absolute Gasteiger partial charge is 0.338 e. The molecule has 28 heavy (non-hydrogen) atoms. The number of carbonyl (C=O) groups is 3. The summed E-state index contributed by atoms with van der Waals surface area (Å²) in [6.45, 7) is 2.89. The first-order chi connectivity index (χ1) is 13.4. The van der Waals surface area contributed by atoms with Crippen LogP contribution in [-0.2, 0) is 14.3 Å². The number of hydrogen-bond acceptors (Lipinski definition) is 4. The van der Waals surface area contributed by atoms with E-state index in [1.807, 2.05) is 36.4 Å². The van der Waals surface area contributed by atoms with Crippen LogP contribution in [0, 0.1) is 0 Å². The van der Waals surface area contributed by atoms with Crippen molar-refractivity contribution in [2.24, 2.45) is 0 Å². The van der Waals surface area contributed by atoms with Gasteiger partial charge in [0.1, 0.15) is 0 Å². The lowest BCUT2D eigenvalue weighted by atomic mass is 10.1. The molecule has 0 aromatic heterocycles. The average Bonchev–Trinajstić information content (AvgIpc) is 2.68. The number of fused-ring (bicyclic) bond motifs is 1. The van der Waals surface area contributed by atoms with Gasteiger partial charge in [0.05, 0.1) is 5.56 Å². The van der Waals surface area contributed by atoms with Gasteiger partial charge < -0.3 is 15.4 Å². The summed E-state index contributed by atoms with van der Waals surface area (Å²) in [4.78, 5) is 36.0. The third-order valence-corrected chi connectivity index (χ3v) is 4.12. The van der Waals surface area contributed by atoms with Crippen molar-refractivity contribution < 1.29 is 19.1 Å². The van der Waals surface area contributed by atoms with Crippen LogP contribution in [0.1, 0.15) is 24.2 Å². The molecule has 0 spiro atoms. The molecule has 3 aromatic carbocycles. The molecule has 0 saturated heterocycles. The van der Waals surface area contributed by atoms with Crippen LogP contribution in [0.25, 0.3) is 10.8 Å². The first kappa shape index (κ1) is 19.1. The zero-order chi connectivity index (χ0) is 20.1. The first-order valence-electron chi connectivity index (χ1n) is 8.81. The van der Waals surface area contributed by atoms with Crippen LogP contribution in [0.3, 0.4) is 0 Å². The standard InChI is InChI=1S/C22H20N2O4/c1-14(28-22(27)17-9-5-10-18(13-17)23-15(2)25)21(26)24-20-12-6-8-16-7-3-4-11-19(16)20/h3-14H,1-2H3,(H,23,25)(H,24,26)/t14-/m1/s1. The molecule has 0 bridgehead atoms. The summed E-state index contributed by atoms with van der Waals surface area (Å²) < 4.78 is 5.28. The summed E-state index contributed by atoms with van der Waals surface area (Å²) in [5.41, 5.74) is 1.38. The van der Waals surface area contributed by atoms with Crippen molar-refractivity contribution in [1.29, 1.82) is 0 Å². The summed E-state index contributed by atoms with van der Waals surface area (Å²) in [5, 5.41) is 7.31. The van der Waals surface area contributed by atoms with Gasteiger partial charge in [-0.15, -0.1) is 0 Å². The van der Waals surface area contributed by atoms with E-state index < -0.39 is 18.0 Å². The maximum Gasteiger partial charge on any atom is 0.338 e. The van der Waals surface area contributed by atoms with Gasteiger partial charge >= 0.3 is 5.97 Å². The molecule has 2 amide bonds. The molecular weight excluding hydrogens is 356 g/mol. The number of nitrogens with one attached hydrogen (secondary N) is 2. The summed E-state index contributed by atoms with van der Waals surface area (Å²) in [6.07, 6.45) is -0.990. The minimum absolute atomic E-state index is 0.242. The number of anilines is 2. The molecule has 3 rings (SSSR count). The SMILES string of the molecule is CC(=O)Nc1cccc(C(=O)O[C@H](C)C(=O)Nc2cccc3ccccc23)c1. The third kappa shape index (κ3) is 4.54. The molecule has 0 heterocycles. The fourth-order valence-corrected chi connectivity index (χ4v) is 2.78. The fourth-order valence-electron chi connectivity index (χ4n) is 2.78. The normalized spacial score (nSPS) is 11.5. The lowest BCUT2D eigenvalue weighted by molar-refractivity contribution is -0.123. The Morgan fingerprint density at radius 2 is 1.61 bits per heavy atom. The van der Waals surface area contributed by atoms with Gasteiger partial charge in [0, 0.05) is 23.7 Å². The van der Waals surface area contributed by atoms with Crippen LogP contribution in [-0.4, -0.2) is 23.9 Å². The quantitative estimate of drug-likeness (QED) is 0.660. The molecule has 142 valence electrons. The molecule has 1 atom stereocenters. The van der Waals surface area contributed by atoms with Crippen molar-refractivity contribution in [3.8, 4) is 0 Å². The summed E-state index contributed by atoms with van der Waals surface area (Å²) >= 11 is 0. The number of hydrogen-bond donors (Lipinski definition) is 2. The molecule has 0 radical (unpaired) electrons. The maximum absolute atomic E-state index is 12.5. The summed E-state index contributed by atoms with van der Waals surface area (Å²) in [7, 11) is 0. The Balaban J connectivity index is 1.68. The highest BCUT2D eigenvalue weighted by atomic mass is 16.5. The lowest BCUT2D eigenvalue weighted by Gasteiger charge is -2.15. The average molecular weight is 376 g/mol. The highest BCUT2D eigenvalue weighted by Gasteiger charge is 2.20. The molecule has 6 heteroatoms. The minimum atomic E-state index is -0.990. The van der Waals surface area contributed by atoms with E-state index in [2.05, 4.69) is 10.6 Å². The van der Waals surface area contributed by atoms with Gasteiger partial charge in [-0.2, -0.15) is 0 Å². The van der Waals surface area contributed by atoms with E-state index in [-0.39, 0.29) is 11.5 Å². The van der Waals surface area contributed by atoms with Gasteiger partial charge in [0.2, 0.25) is 5.91 Å². The van der Waals surface area contributed by atoms with Crippen LogP contribution in [0.4, 0.5) is 11.4 Å². The molecule has 0 fully saturated rings. The monoisotopic (exact) mass is 376 g/mol. The molecule has 0 saturated carbocycles. The predicted molar refractivity (Wildman–Crippen MR) is 108 cm³/mol. The highest BCUT2D eigenvalue weighted by molar-refractivity contribution is 6.04. The fraction of sp³-hybridized carbons (Fsp3) is 0.136. The van der Waals surface area contributed by atoms with Gasteiger partial charge in [-0.05, 0) is 36.6 Å². The van der Waals surface area contributed by atoms with Crippen LogP contribution >= 0.6 is 0 Å². The van der Waals surface area contributed by atoms with Gasteiger partial charge in [0.15, 0.2) is 6.10 Å². The molecule has 0 aliphatic heterocycles. The zero-order valence-electron chi connectivity index (χ0n) is 15.6. The van der Waals surface area contributed by atoms with Gasteiger partial charge in [-0.1, -0.05) is 42.5 Å². The molecule has 6 nitrogen and oxygen atoms in total. The Labute approximate surface area is 162 Å². The topological polar surface area (TPSA) is 84.5 Å². The van der Waals surface area contributed by atoms with Crippen molar-refractivity contribution in [2.45, 2.75) is 20.0 Å². The Bertz CT molecular complexity index is 1040. The largest absolute Gasteiger partial charge is 0.449 e. The van der Waals surface area contributed by atoms with E-state index in [0.29, 0.717) is 11.4 Å². The predicted octanol–water partition coefficient (Wildman–Crippen LogP) is 3.98. The van der Waals surface area contributed by atoms with E-state index in [4.69, 9.17) is 4.74 Å². The molecular formula is C22H20N2O4. The number of carbonyl (C=O) groups excluding carboxylic acids is 3. The van der Waals surface area contributed by atoms with E-state index in [0.717, 1.165) is 10.8 Å². The second-order valence-corrected chi connectivity index (χ2v) is 6.33. The van der Waals surface area contributed by atoms with Crippen LogP contribution in [0.5, 0.6) is 0 Å². The Morgan fingerprint density at radius 3 is 2.39 bits per heavy atom. The van der Waals surface area contributed by atoms with Crippen LogP contribution in [0.15, 0.2) is 66.7 Å². The Hall–Kier alpha value is -3.67. The number of amides is 2. The summed E-state index contributed by atoms with van der Waals surface area (Å²) in [5.74, 6) is -1.32. The van der Waals surface area contributed by atoms with Crippen molar-refractivity contribution in [3.05, 3.63) is 72.3 Å². The number of ether oxygens (including phenoxy) is 1. The van der Waals surface area contributed by atoms with Crippen LogP contribution < -0.4 is 10.6 Å². The summed E-state index contributed by atoms with van der Waals surface area (Å²) in [6, 6.07) is 19.6. The highest BCUT2D eigenvalue weighted by Crippen LogP contribution is 2.23. The molecule has 0 aliphatic carbocycles. The van der Waals surface area contributed by atoms with E-state index in [9.17, 15) is 14.4 Å². The van der Waals surface area contributed by atoms with Crippen molar-refractivity contribution >= 4 is 39.9 Å². The first-order valence-corrected chi connectivity index (χ1v) is 8.81. The third-order valence-electron chi connectivity index (χ3n) is 4.12. The zero-order valence-corrected chi connectivity index (χ0v) is 15.6. The Morgan fingerprint density at radius 1 is 0.893 bits per heavy atom. The number of esters is 1. The van der Waals surface area contributed by atoms with Crippen molar-refractivity contribution in [1.82, 2.24) is 0 Å². The Kier molecular flexibility index (Phi) is 5.69. The molecule has 0 unspecified atom stereocenters. The van der Waals surface area contributed by atoms with E-state index in [1.165, 1.54) is 19.9 Å². The maximum atomic E-state index is 12.5. The van der Waals surface area contributed by atoms with Gasteiger partial charge in [0.25, 0.3) is 5.91 Å². The molecule has 0 aliphatic rings. The van der Waals surface area contributed by atoms with Crippen LogP contribution in [0.2, 0.25) is 0 Å². The van der Waals surface area contributed by atoms with Gasteiger partial charge in [-0.3, -0.25) is 9.59 Å². The molecule has 3 aromatic rings. The minimum Gasteiger partial charge on any atom is -0.449 e. The number of rotatable bonds is 5. The van der Waals surface area contributed by atoms with E-state index in [1.54, 1.807) is 24.3 Å². The van der Waals surface area contributed by atoms with Crippen molar-refractivity contribution in [2.75, 3.05) is 10.6 Å². The number of benzene rings is 3. The lowest BCUT2D eigenvalue weighted by Crippen LogP contribution is -2.30. The van der Waals surface area contributed by atoms with Gasteiger partial charge in [-0.25, -0.2) is 4.79 Å². The second-order valence-electron chi connectivity index (χ2n) is 6.33. The van der Waals surface area contributed by atoms with E-state index >= 15 is 0 Å². The second kappa shape index (κ2) is 8.35.